The molecule has 0 bridgehead atoms. The summed E-state index contributed by atoms with van der Waals surface area (Å²) in [6.45, 7) is 6.03. The fourth-order valence-electron chi connectivity index (χ4n) is 4.98. The summed E-state index contributed by atoms with van der Waals surface area (Å²) in [5, 5.41) is 19.8. The predicted octanol–water partition coefficient (Wildman–Crippen LogP) is 2.48. The number of benzene rings is 2. The van der Waals surface area contributed by atoms with Crippen LogP contribution in [0.5, 0.6) is 0 Å². The predicted molar refractivity (Wildman–Crippen MR) is 186 cm³/mol. The molecule has 2 aromatic rings. The number of likely N-dealkylation sites (N-methyl/N-ethyl adjacent to an activating group) is 1. The molecule has 4 amide bonds. The third-order valence-corrected chi connectivity index (χ3v) is 7.79. The van der Waals surface area contributed by atoms with Gasteiger partial charge in [-0.15, -0.1) is 0 Å². The number of nitrogens with one attached hydrogen (secondary N) is 3. The van der Waals surface area contributed by atoms with Crippen molar-refractivity contribution in [3.63, 3.8) is 0 Å². The number of guanidine groups is 1. The first-order valence-electron chi connectivity index (χ1n) is 16.1. The molecule has 264 valence electrons. The molecule has 14 heteroatoms. The number of aliphatic hydroxyl groups excluding tert-OH is 1. The number of nitrogens with zero attached hydrogens (tertiary/aromatic N) is 2. The Morgan fingerprint density at radius 3 is 2.27 bits per heavy atom. The minimum absolute atomic E-state index is 0.00857. The Morgan fingerprint density at radius 2 is 1.65 bits per heavy atom. The van der Waals surface area contributed by atoms with Crippen molar-refractivity contribution >= 4 is 41.4 Å². The summed E-state index contributed by atoms with van der Waals surface area (Å²) >= 11 is 5.93. The highest BCUT2D eigenvalue weighted by Crippen LogP contribution is 2.18. The number of carbonyl (C=O) groups is 4. The van der Waals surface area contributed by atoms with Gasteiger partial charge in [-0.3, -0.25) is 19.4 Å². The van der Waals surface area contributed by atoms with E-state index in [1.54, 1.807) is 24.3 Å². The molecular weight excluding hydrogens is 638 g/mol. The normalized spacial score (nSPS) is 13.4. The van der Waals surface area contributed by atoms with Gasteiger partial charge >= 0.3 is 6.09 Å². The Bertz CT molecular complexity index is 1340. The number of halogens is 1. The molecule has 0 aliphatic heterocycles. The van der Waals surface area contributed by atoms with Gasteiger partial charge in [0.05, 0.1) is 18.6 Å². The van der Waals surface area contributed by atoms with Crippen LogP contribution >= 0.6 is 11.6 Å². The van der Waals surface area contributed by atoms with E-state index < -0.39 is 42.1 Å². The summed E-state index contributed by atoms with van der Waals surface area (Å²) in [5.74, 6) is -1.42. The van der Waals surface area contributed by atoms with Crippen molar-refractivity contribution in [2.75, 3.05) is 20.1 Å². The first-order chi connectivity index (χ1) is 22.8. The summed E-state index contributed by atoms with van der Waals surface area (Å²) in [6, 6.07) is 13.6. The Labute approximate surface area is 287 Å². The maximum atomic E-state index is 13.5. The van der Waals surface area contributed by atoms with Gasteiger partial charge < -0.3 is 42.2 Å². The highest BCUT2D eigenvalue weighted by molar-refractivity contribution is 6.30. The van der Waals surface area contributed by atoms with Crippen molar-refractivity contribution in [3.8, 4) is 0 Å². The van der Waals surface area contributed by atoms with Gasteiger partial charge in [0.25, 0.3) is 0 Å². The minimum Gasteiger partial charge on any atom is -0.445 e. The molecule has 8 N–H and O–H groups in total. The van der Waals surface area contributed by atoms with Crippen LogP contribution in [0.1, 0.15) is 57.6 Å². The zero-order chi connectivity index (χ0) is 35.6. The van der Waals surface area contributed by atoms with Crippen molar-refractivity contribution < 1.29 is 29.0 Å². The number of carbonyl (C=O) groups excluding carboxylic acids is 4. The number of aliphatic hydroxyl groups is 1. The lowest BCUT2D eigenvalue weighted by atomic mass is 9.95. The van der Waals surface area contributed by atoms with Crippen LogP contribution in [0.4, 0.5) is 4.79 Å². The zero-order valence-electron chi connectivity index (χ0n) is 28.2. The van der Waals surface area contributed by atoms with Gasteiger partial charge in [0, 0.05) is 25.2 Å². The smallest absolute Gasteiger partial charge is 0.408 e. The molecule has 4 atom stereocenters. The van der Waals surface area contributed by atoms with E-state index in [1.165, 1.54) is 18.9 Å². The summed E-state index contributed by atoms with van der Waals surface area (Å²) in [5.41, 5.74) is 12.6. The average molecular weight is 688 g/mol. The Balaban J connectivity index is 2.01. The van der Waals surface area contributed by atoms with Crippen LogP contribution < -0.4 is 27.4 Å². The largest absolute Gasteiger partial charge is 0.445 e. The number of aliphatic imine (C=N–C) groups is 1. The summed E-state index contributed by atoms with van der Waals surface area (Å²) in [4.78, 5) is 57.4. The van der Waals surface area contributed by atoms with Gasteiger partial charge in [0.1, 0.15) is 18.7 Å². The Hall–Kier alpha value is -4.36. The van der Waals surface area contributed by atoms with Gasteiger partial charge in [-0.2, -0.15) is 0 Å². The lowest BCUT2D eigenvalue weighted by Gasteiger charge is -2.35. The fourth-order valence-corrected chi connectivity index (χ4v) is 5.10. The van der Waals surface area contributed by atoms with Crippen LogP contribution in [0.2, 0.25) is 5.02 Å². The van der Waals surface area contributed by atoms with E-state index in [1.807, 2.05) is 44.2 Å². The maximum Gasteiger partial charge on any atom is 0.408 e. The fraction of sp³-hybridized carbons (Fsp3) is 0.500. The van der Waals surface area contributed by atoms with E-state index in [2.05, 4.69) is 20.9 Å². The summed E-state index contributed by atoms with van der Waals surface area (Å²) < 4.78 is 5.28. The van der Waals surface area contributed by atoms with E-state index in [9.17, 15) is 24.3 Å². The summed E-state index contributed by atoms with van der Waals surface area (Å²) in [7, 11) is 1.53. The lowest BCUT2D eigenvalue weighted by molar-refractivity contribution is -0.140. The maximum absolute atomic E-state index is 13.5. The van der Waals surface area contributed by atoms with Crippen LogP contribution in [0.25, 0.3) is 0 Å². The van der Waals surface area contributed by atoms with Crippen molar-refractivity contribution in [1.29, 1.82) is 0 Å². The molecule has 0 unspecified atom stereocenters. The molecule has 48 heavy (non-hydrogen) atoms. The molecule has 0 saturated heterocycles. The van der Waals surface area contributed by atoms with E-state index in [0.717, 1.165) is 11.1 Å². The van der Waals surface area contributed by atoms with E-state index in [0.29, 0.717) is 30.8 Å². The van der Waals surface area contributed by atoms with Crippen molar-refractivity contribution in [2.24, 2.45) is 22.4 Å². The number of alkyl carbamates (subject to hydrolysis) is 1. The molecular formula is C34H50ClN7O6. The molecule has 0 aromatic heterocycles. The van der Waals surface area contributed by atoms with Crippen LogP contribution in [0.3, 0.4) is 0 Å². The average Bonchev–Trinajstić information content (AvgIpc) is 3.04. The number of hydrogen-bond donors (Lipinski definition) is 6. The van der Waals surface area contributed by atoms with Gasteiger partial charge in [-0.05, 0) is 61.8 Å². The van der Waals surface area contributed by atoms with Crippen LogP contribution in [0, 0.1) is 5.92 Å². The van der Waals surface area contributed by atoms with E-state index in [-0.39, 0.29) is 43.8 Å². The topological polar surface area (TPSA) is 201 Å². The van der Waals surface area contributed by atoms with Crippen LogP contribution in [-0.4, -0.2) is 84.1 Å². The highest BCUT2D eigenvalue weighted by atomic mass is 35.5. The quantitative estimate of drug-likeness (QED) is 0.0734. The van der Waals surface area contributed by atoms with Gasteiger partial charge in [-0.1, -0.05) is 67.9 Å². The molecule has 0 radical (unpaired) electrons. The summed E-state index contributed by atoms with van der Waals surface area (Å²) in [6.07, 6.45) is -0.608. The third-order valence-electron chi connectivity index (χ3n) is 7.54. The van der Waals surface area contributed by atoms with Gasteiger partial charge in [-0.25, -0.2) is 4.79 Å². The molecule has 13 nitrogen and oxygen atoms in total. The number of amides is 4. The Kier molecular flexibility index (Phi) is 17.2. The molecule has 0 heterocycles. The van der Waals surface area contributed by atoms with Crippen LogP contribution in [0.15, 0.2) is 59.6 Å². The Morgan fingerprint density at radius 1 is 0.979 bits per heavy atom. The van der Waals surface area contributed by atoms with Crippen molar-refractivity contribution in [1.82, 2.24) is 20.9 Å². The van der Waals surface area contributed by atoms with Crippen molar-refractivity contribution in [3.05, 3.63) is 70.7 Å². The number of ether oxygens (including phenoxy) is 1. The molecule has 0 aliphatic rings. The molecule has 2 rings (SSSR count). The standard InChI is InChI=1S/C34H50ClN7O6/c1-22(2)19-28(29(43)20-30(44)38-18-16-24-12-14-26(35)15-13-24)42(4)32(46)23(3)40-31(45)27(11-8-17-39-33(36)37)41-34(47)48-21-25-9-6-5-7-10-25/h5-7,9-10,12-15,22-23,27-29,43H,8,11,16-21H2,1-4H3,(H,38,44)(H,40,45)(H,41,47)(H4,36,37,39)/t23-,27-,28+,29+/m0/s1. The molecule has 0 aliphatic carbocycles. The number of rotatable bonds is 19. The SMILES string of the molecule is CC(C)C[C@H]([C@H](O)CC(=O)NCCc1ccc(Cl)cc1)N(C)C(=O)[C@H](C)NC(=O)[C@H](CCCN=C(N)N)NC(=O)OCc1ccccc1. The second kappa shape index (κ2) is 20.8. The lowest BCUT2D eigenvalue weighted by Crippen LogP contribution is -2.56. The number of hydrogen-bond acceptors (Lipinski definition) is 7. The van der Waals surface area contributed by atoms with Gasteiger partial charge in [0.15, 0.2) is 5.96 Å². The second-order valence-electron chi connectivity index (χ2n) is 12.1. The third kappa shape index (κ3) is 15.0. The zero-order valence-corrected chi connectivity index (χ0v) is 28.9. The first-order valence-corrected chi connectivity index (χ1v) is 16.4. The monoisotopic (exact) mass is 687 g/mol. The van der Waals surface area contributed by atoms with E-state index in [4.69, 9.17) is 27.8 Å². The highest BCUT2D eigenvalue weighted by Gasteiger charge is 2.33. The van der Waals surface area contributed by atoms with Crippen molar-refractivity contribution in [2.45, 2.75) is 83.7 Å². The molecule has 0 saturated carbocycles. The van der Waals surface area contributed by atoms with Crippen LogP contribution in [-0.2, 0) is 32.1 Å². The molecule has 0 fully saturated rings. The minimum atomic E-state index is -1.15. The molecule has 0 spiro atoms. The van der Waals surface area contributed by atoms with E-state index >= 15 is 0 Å². The van der Waals surface area contributed by atoms with Gasteiger partial charge in [0.2, 0.25) is 17.7 Å². The first kappa shape index (κ1) is 39.8. The second-order valence-corrected chi connectivity index (χ2v) is 12.5. The molecule has 2 aromatic carbocycles. The number of nitrogens with two attached hydrogens (primary N) is 2.